The molecule has 0 radical (unpaired) electrons. The molecule has 19 heavy (non-hydrogen) atoms. The molecule has 0 unspecified atom stereocenters. The molecule has 2 rings (SSSR count). The van der Waals surface area contributed by atoms with Crippen LogP contribution < -0.4 is 20.1 Å². The van der Waals surface area contributed by atoms with E-state index >= 15 is 0 Å². The number of benzene rings is 1. The Balaban J connectivity index is 2.02. The second kappa shape index (κ2) is 6.15. The zero-order valence-corrected chi connectivity index (χ0v) is 12.1. The number of hydrogen-bond acceptors (Lipinski definition) is 4. The maximum atomic E-state index is 5.41. The summed E-state index contributed by atoms with van der Waals surface area (Å²) >= 11 is 0. The molecule has 0 heterocycles. The van der Waals surface area contributed by atoms with Gasteiger partial charge >= 0.3 is 0 Å². The van der Waals surface area contributed by atoms with Crippen LogP contribution in [0.15, 0.2) is 18.2 Å². The molecule has 0 spiro atoms. The molecule has 0 aliphatic heterocycles. The minimum absolute atomic E-state index is 0.402. The summed E-state index contributed by atoms with van der Waals surface area (Å²) in [5, 5.41) is 6.82. The maximum Gasteiger partial charge on any atom is 0.145 e. The van der Waals surface area contributed by atoms with Crippen LogP contribution in [0.1, 0.15) is 19.3 Å². The van der Waals surface area contributed by atoms with Crippen molar-refractivity contribution in [2.75, 3.05) is 39.7 Å². The summed E-state index contributed by atoms with van der Waals surface area (Å²) in [6.45, 7) is 2.05. The van der Waals surface area contributed by atoms with Crippen molar-refractivity contribution >= 4 is 5.69 Å². The third-order valence-corrected chi connectivity index (χ3v) is 4.03. The van der Waals surface area contributed by atoms with Crippen molar-refractivity contribution in [3.8, 4) is 11.5 Å². The molecule has 0 aromatic heterocycles. The van der Waals surface area contributed by atoms with Gasteiger partial charge in [-0.2, -0.15) is 0 Å². The molecular weight excluding hydrogens is 240 g/mol. The minimum Gasteiger partial charge on any atom is -0.497 e. The Hall–Kier alpha value is -1.42. The molecule has 0 saturated heterocycles. The number of anilines is 1. The SMILES string of the molecule is CNCC1(CNc2ccc(OC)cc2OC)CCC1. The van der Waals surface area contributed by atoms with Crippen molar-refractivity contribution in [1.82, 2.24) is 5.32 Å². The summed E-state index contributed by atoms with van der Waals surface area (Å²) in [6.07, 6.45) is 3.92. The van der Waals surface area contributed by atoms with E-state index in [0.717, 1.165) is 30.3 Å². The lowest BCUT2D eigenvalue weighted by atomic mass is 9.68. The van der Waals surface area contributed by atoms with Crippen LogP contribution in [0.25, 0.3) is 0 Å². The summed E-state index contributed by atoms with van der Waals surface area (Å²) in [5.74, 6) is 1.65. The van der Waals surface area contributed by atoms with Gasteiger partial charge in [0.15, 0.2) is 0 Å². The predicted octanol–water partition coefficient (Wildman–Crippen LogP) is 2.51. The van der Waals surface area contributed by atoms with E-state index in [1.165, 1.54) is 19.3 Å². The highest BCUT2D eigenvalue weighted by Gasteiger charge is 2.36. The Morgan fingerprint density at radius 1 is 1.16 bits per heavy atom. The molecule has 1 saturated carbocycles. The summed E-state index contributed by atoms with van der Waals surface area (Å²) in [4.78, 5) is 0. The highest BCUT2D eigenvalue weighted by molar-refractivity contribution is 5.59. The lowest BCUT2D eigenvalue weighted by molar-refractivity contribution is 0.151. The van der Waals surface area contributed by atoms with E-state index in [2.05, 4.69) is 10.6 Å². The highest BCUT2D eigenvalue weighted by atomic mass is 16.5. The molecule has 1 aliphatic rings. The molecule has 1 aromatic carbocycles. The second-order valence-electron chi connectivity index (χ2n) is 5.30. The van der Waals surface area contributed by atoms with Crippen LogP contribution in [-0.4, -0.2) is 34.4 Å². The normalized spacial score (nSPS) is 16.6. The zero-order valence-electron chi connectivity index (χ0n) is 12.1. The van der Waals surface area contributed by atoms with E-state index in [1.54, 1.807) is 14.2 Å². The van der Waals surface area contributed by atoms with Crippen LogP contribution in [0, 0.1) is 5.41 Å². The van der Waals surface area contributed by atoms with Crippen molar-refractivity contribution in [2.45, 2.75) is 19.3 Å². The lowest BCUT2D eigenvalue weighted by Crippen LogP contribution is -2.44. The highest BCUT2D eigenvalue weighted by Crippen LogP contribution is 2.41. The Labute approximate surface area is 115 Å². The zero-order chi connectivity index (χ0) is 13.7. The third kappa shape index (κ3) is 3.13. The summed E-state index contributed by atoms with van der Waals surface area (Å²) in [6, 6.07) is 5.88. The van der Waals surface area contributed by atoms with Gasteiger partial charge in [-0.1, -0.05) is 6.42 Å². The largest absolute Gasteiger partial charge is 0.497 e. The van der Waals surface area contributed by atoms with Gasteiger partial charge in [-0.15, -0.1) is 0 Å². The van der Waals surface area contributed by atoms with Gasteiger partial charge < -0.3 is 20.1 Å². The predicted molar refractivity (Wildman–Crippen MR) is 78.2 cm³/mol. The van der Waals surface area contributed by atoms with Crippen molar-refractivity contribution in [2.24, 2.45) is 5.41 Å². The molecular formula is C15H24N2O2. The van der Waals surface area contributed by atoms with Crippen LogP contribution in [0.3, 0.4) is 0 Å². The smallest absolute Gasteiger partial charge is 0.145 e. The number of methoxy groups -OCH3 is 2. The number of nitrogens with one attached hydrogen (secondary N) is 2. The van der Waals surface area contributed by atoms with Gasteiger partial charge in [0.2, 0.25) is 0 Å². The van der Waals surface area contributed by atoms with Gasteiger partial charge in [0.05, 0.1) is 19.9 Å². The average molecular weight is 264 g/mol. The standard InChI is InChI=1S/C15H24N2O2/c1-16-10-15(7-4-8-15)11-17-13-6-5-12(18-2)9-14(13)19-3/h5-6,9,16-17H,4,7-8,10-11H2,1-3H3. The Bertz CT molecular complexity index is 417. The first kappa shape index (κ1) is 14.0. The van der Waals surface area contributed by atoms with Crippen molar-refractivity contribution in [1.29, 1.82) is 0 Å². The molecule has 4 heteroatoms. The van der Waals surface area contributed by atoms with Crippen LogP contribution in [0.5, 0.6) is 11.5 Å². The molecule has 1 aromatic rings. The fourth-order valence-electron chi connectivity index (χ4n) is 2.70. The second-order valence-corrected chi connectivity index (χ2v) is 5.30. The molecule has 1 fully saturated rings. The molecule has 1 aliphatic carbocycles. The first-order chi connectivity index (χ1) is 9.23. The van der Waals surface area contributed by atoms with Gasteiger partial charge in [0.25, 0.3) is 0 Å². The first-order valence-electron chi connectivity index (χ1n) is 6.83. The Morgan fingerprint density at radius 2 is 1.95 bits per heavy atom. The monoisotopic (exact) mass is 264 g/mol. The fraction of sp³-hybridized carbons (Fsp3) is 0.600. The number of rotatable bonds is 7. The number of ether oxygens (including phenoxy) is 2. The van der Waals surface area contributed by atoms with E-state index in [1.807, 2.05) is 25.2 Å². The van der Waals surface area contributed by atoms with Gasteiger partial charge in [-0.05, 0) is 32.0 Å². The molecule has 0 atom stereocenters. The lowest BCUT2D eigenvalue weighted by Gasteiger charge is -2.42. The van der Waals surface area contributed by atoms with Gasteiger partial charge in [-0.25, -0.2) is 0 Å². The quantitative estimate of drug-likeness (QED) is 0.794. The van der Waals surface area contributed by atoms with E-state index in [4.69, 9.17) is 9.47 Å². The number of hydrogen-bond donors (Lipinski definition) is 2. The van der Waals surface area contributed by atoms with E-state index in [-0.39, 0.29) is 0 Å². The summed E-state index contributed by atoms with van der Waals surface area (Å²) in [5.41, 5.74) is 1.44. The van der Waals surface area contributed by atoms with Crippen LogP contribution in [0.2, 0.25) is 0 Å². The van der Waals surface area contributed by atoms with E-state index < -0.39 is 0 Å². The summed E-state index contributed by atoms with van der Waals surface area (Å²) < 4.78 is 10.6. The van der Waals surface area contributed by atoms with Crippen LogP contribution in [0.4, 0.5) is 5.69 Å². The Morgan fingerprint density at radius 3 is 2.47 bits per heavy atom. The van der Waals surface area contributed by atoms with Gasteiger partial charge in [-0.3, -0.25) is 0 Å². The third-order valence-electron chi connectivity index (χ3n) is 4.03. The van der Waals surface area contributed by atoms with Crippen molar-refractivity contribution in [3.05, 3.63) is 18.2 Å². The van der Waals surface area contributed by atoms with Crippen LogP contribution in [-0.2, 0) is 0 Å². The Kier molecular flexibility index (Phi) is 4.53. The van der Waals surface area contributed by atoms with Crippen LogP contribution >= 0.6 is 0 Å². The van der Waals surface area contributed by atoms with E-state index in [9.17, 15) is 0 Å². The van der Waals surface area contributed by atoms with Gasteiger partial charge in [0, 0.05) is 24.6 Å². The molecule has 0 bridgehead atoms. The maximum absolute atomic E-state index is 5.41. The first-order valence-corrected chi connectivity index (χ1v) is 6.83. The van der Waals surface area contributed by atoms with Gasteiger partial charge in [0.1, 0.15) is 11.5 Å². The van der Waals surface area contributed by atoms with Crippen molar-refractivity contribution < 1.29 is 9.47 Å². The van der Waals surface area contributed by atoms with E-state index in [0.29, 0.717) is 5.41 Å². The topological polar surface area (TPSA) is 42.5 Å². The minimum atomic E-state index is 0.402. The molecule has 106 valence electrons. The average Bonchev–Trinajstić information content (AvgIpc) is 2.41. The molecule has 2 N–H and O–H groups in total. The molecule has 0 amide bonds. The fourth-order valence-corrected chi connectivity index (χ4v) is 2.70. The van der Waals surface area contributed by atoms with Crippen molar-refractivity contribution in [3.63, 3.8) is 0 Å². The summed E-state index contributed by atoms with van der Waals surface area (Å²) in [7, 11) is 5.37. The molecule has 4 nitrogen and oxygen atoms in total.